The van der Waals surface area contributed by atoms with E-state index >= 15 is 0 Å². The van der Waals surface area contributed by atoms with Crippen molar-refractivity contribution in [3.05, 3.63) is 24.3 Å². The lowest BCUT2D eigenvalue weighted by Gasteiger charge is -2.36. The molecule has 0 amide bonds. The van der Waals surface area contributed by atoms with Crippen LogP contribution >= 0.6 is 0 Å². The van der Waals surface area contributed by atoms with Gasteiger partial charge in [-0.3, -0.25) is 4.79 Å². The number of carbonyl (C=O) groups is 1. The highest BCUT2D eigenvalue weighted by atomic mass is 19.4. The zero-order chi connectivity index (χ0) is 14.3. The van der Waals surface area contributed by atoms with Crippen LogP contribution in [0.3, 0.4) is 0 Å². The van der Waals surface area contributed by atoms with E-state index in [1.807, 2.05) is 0 Å². The van der Waals surface area contributed by atoms with Crippen molar-refractivity contribution in [2.45, 2.75) is 44.1 Å². The molecule has 0 N–H and O–H groups in total. The smallest absolute Gasteiger partial charge is 0.406 e. The zero-order valence-corrected chi connectivity index (χ0v) is 10.7. The maximum Gasteiger partial charge on any atom is 0.573 e. The third kappa shape index (κ3) is 2.59. The number of anilines is 1. The summed E-state index contributed by atoms with van der Waals surface area (Å²) in [5, 5.41) is 0. The van der Waals surface area contributed by atoms with Crippen LogP contribution in [0.2, 0.25) is 0 Å². The van der Waals surface area contributed by atoms with Gasteiger partial charge in [0.1, 0.15) is 11.5 Å². The second-order valence-corrected chi connectivity index (χ2v) is 5.28. The van der Waals surface area contributed by atoms with Crippen LogP contribution < -0.4 is 9.64 Å². The van der Waals surface area contributed by atoms with Crippen molar-refractivity contribution in [2.75, 3.05) is 4.90 Å². The average molecular weight is 285 g/mol. The molecule has 3 rings (SSSR count). The lowest BCUT2D eigenvalue weighted by Crippen LogP contribution is -2.43. The fourth-order valence-electron chi connectivity index (χ4n) is 3.23. The van der Waals surface area contributed by atoms with Gasteiger partial charge in [-0.2, -0.15) is 0 Å². The molecule has 1 aromatic carbocycles. The molecule has 2 fully saturated rings. The molecule has 3 nitrogen and oxygen atoms in total. The standard InChI is InChI=1S/C14H14F3NO2/c15-14(16,17)20-13-3-1-2-9(8-13)18-10-4-5-11(18)7-12(19)6-10/h1-3,8,10-11H,4-7H2. The largest absolute Gasteiger partial charge is 0.573 e. The van der Waals surface area contributed by atoms with Crippen LogP contribution in [0.5, 0.6) is 5.75 Å². The lowest BCUT2D eigenvalue weighted by molar-refractivity contribution is -0.274. The predicted octanol–water partition coefficient (Wildman–Crippen LogP) is 3.29. The molecule has 6 heteroatoms. The number of nitrogens with zero attached hydrogens (tertiary/aromatic N) is 1. The first-order valence-corrected chi connectivity index (χ1v) is 6.58. The molecular formula is C14H14F3NO2. The van der Waals surface area contributed by atoms with E-state index in [-0.39, 0.29) is 23.6 Å². The highest BCUT2D eigenvalue weighted by molar-refractivity contribution is 5.83. The Morgan fingerprint density at radius 2 is 1.80 bits per heavy atom. The van der Waals surface area contributed by atoms with E-state index < -0.39 is 6.36 Å². The molecule has 1 aromatic rings. The van der Waals surface area contributed by atoms with Gasteiger partial charge in [0.05, 0.1) is 0 Å². The summed E-state index contributed by atoms with van der Waals surface area (Å²) in [5.74, 6) is 0.0303. The molecule has 0 radical (unpaired) electrons. The molecule has 2 unspecified atom stereocenters. The SMILES string of the molecule is O=C1CC2CCC(C1)N2c1cccc(OC(F)(F)F)c1. The van der Waals surface area contributed by atoms with Crippen molar-refractivity contribution in [1.82, 2.24) is 0 Å². The molecule has 20 heavy (non-hydrogen) atoms. The normalized spacial score (nSPS) is 25.9. The first-order valence-electron chi connectivity index (χ1n) is 6.58. The second-order valence-electron chi connectivity index (χ2n) is 5.28. The van der Waals surface area contributed by atoms with Gasteiger partial charge in [-0.05, 0) is 25.0 Å². The molecule has 0 spiro atoms. The number of Topliss-reactive ketones (excluding diaryl/α,β-unsaturated/α-hetero) is 1. The monoisotopic (exact) mass is 285 g/mol. The van der Waals surface area contributed by atoms with Gasteiger partial charge in [0.25, 0.3) is 0 Å². The maximum atomic E-state index is 12.3. The van der Waals surface area contributed by atoms with Crippen molar-refractivity contribution in [3.63, 3.8) is 0 Å². The van der Waals surface area contributed by atoms with Gasteiger partial charge in [-0.25, -0.2) is 0 Å². The van der Waals surface area contributed by atoms with Crippen LogP contribution in [0, 0.1) is 0 Å². The fraction of sp³-hybridized carbons (Fsp3) is 0.500. The van der Waals surface area contributed by atoms with E-state index in [0.29, 0.717) is 18.5 Å². The van der Waals surface area contributed by atoms with Gasteiger partial charge in [-0.1, -0.05) is 6.07 Å². The van der Waals surface area contributed by atoms with Gasteiger partial charge in [0.15, 0.2) is 0 Å². The third-order valence-corrected chi connectivity index (χ3v) is 3.90. The fourth-order valence-corrected chi connectivity index (χ4v) is 3.23. The first kappa shape index (κ1) is 13.3. The predicted molar refractivity (Wildman–Crippen MR) is 66.7 cm³/mol. The summed E-state index contributed by atoms with van der Waals surface area (Å²) in [4.78, 5) is 13.6. The number of halogens is 3. The maximum absolute atomic E-state index is 12.3. The number of carbonyl (C=O) groups excluding carboxylic acids is 1. The summed E-state index contributed by atoms with van der Waals surface area (Å²) in [7, 11) is 0. The molecule has 0 aliphatic carbocycles. The minimum Gasteiger partial charge on any atom is -0.406 e. The molecule has 2 bridgehead atoms. The number of alkyl halides is 3. The van der Waals surface area contributed by atoms with E-state index in [0.717, 1.165) is 12.8 Å². The lowest BCUT2D eigenvalue weighted by atomic mass is 10.0. The van der Waals surface area contributed by atoms with Crippen molar-refractivity contribution < 1.29 is 22.7 Å². The Hall–Kier alpha value is -1.72. The summed E-state index contributed by atoms with van der Waals surface area (Å²) in [6, 6.07) is 6.23. The molecule has 2 saturated heterocycles. The third-order valence-electron chi connectivity index (χ3n) is 3.90. The van der Waals surface area contributed by atoms with Crippen molar-refractivity contribution >= 4 is 11.5 Å². The Bertz CT molecular complexity index is 513. The number of rotatable bonds is 2. The summed E-state index contributed by atoms with van der Waals surface area (Å²) in [6.45, 7) is 0. The molecular weight excluding hydrogens is 271 g/mol. The second kappa shape index (κ2) is 4.68. The van der Waals surface area contributed by atoms with Gasteiger partial charge in [0.2, 0.25) is 0 Å². The zero-order valence-electron chi connectivity index (χ0n) is 10.7. The molecule has 0 saturated carbocycles. The Kier molecular flexibility index (Phi) is 3.11. The van der Waals surface area contributed by atoms with E-state index in [1.165, 1.54) is 12.1 Å². The van der Waals surface area contributed by atoms with Gasteiger partial charge in [-0.15, -0.1) is 13.2 Å². The van der Waals surface area contributed by atoms with Gasteiger partial charge in [0, 0.05) is 36.7 Å². The van der Waals surface area contributed by atoms with Gasteiger partial charge >= 0.3 is 6.36 Å². The number of fused-ring (bicyclic) bond motifs is 2. The molecule has 2 heterocycles. The van der Waals surface area contributed by atoms with Crippen LogP contribution in [-0.2, 0) is 4.79 Å². The van der Waals surface area contributed by atoms with Crippen molar-refractivity contribution in [1.29, 1.82) is 0 Å². The number of ketones is 1. The number of hydrogen-bond donors (Lipinski definition) is 0. The van der Waals surface area contributed by atoms with E-state index in [2.05, 4.69) is 9.64 Å². The topological polar surface area (TPSA) is 29.5 Å². The van der Waals surface area contributed by atoms with Crippen LogP contribution in [0.1, 0.15) is 25.7 Å². The van der Waals surface area contributed by atoms with Crippen molar-refractivity contribution in [3.8, 4) is 5.75 Å². The van der Waals surface area contributed by atoms with Crippen molar-refractivity contribution in [2.24, 2.45) is 0 Å². The number of benzene rings is 1. The van der Waals surface area contributed by atoms with Crippen LogP contribution in [0.25, 0.3) is 0 Å². The van der Waals surface area contributed by atoms with E-state index in [4.69, 9.17) is 0 Å². The first-order chi connectivity index (χ1) is 9.42. The summed E-state index contributed by atoms with van der Waals surface area (Å²) >= 11 is 0. The molecule has 2 atom stereocenters. The Morgan fingerprint density at radius 1 is 1.15 bits per heavy atom. The van der Waals surface area contributed by atoms with Gasteiger partial charge < -0.3 is 9.64 Å². The van der Waals surface area contributed by atoms with Crippen LogP contribution in [0.4, 0.5) is 18.9 Å². The number of piperidine rings is 1. The quantitative estimate of drug-likeness (QED) is 0.835. The van der Waals surface area contributed by atoms with E-state index in [9.17, 15) is 18.0 Å². The minimum atomic E-state index is -4.69. The van der Waals surface area contributed by atoms with Crippen LogP contribution in [0.15, 0.2) is 24.3 Å². The molecule has 108 valence electrons. The van der Waals surface area contributed by atoms with Crippen LogP contribution in [-0.4, -0.2) is 24.2 Å². The Labute approximate surface area is 114 Å². The average Bonchev–Trinajstić information content (AvgIpc) is 2.60. The van der Waals surface area contributed by atoms with E-state index in [1.54, 1.807) is 12.1 Å². The summed E-state index contributed by atoms with van der Waals surface area (Å²) in [6.07, 6.45) is -1.88. The minimum absolute atomic E-state index is 0.113. The number of ether oxygens (including phenoxy) is 1. The molecule has 2 aliphatic heterocycles. The molecule has 2 aliphatic rings. The Morgan fingerprint density at radius 3 is 2.40 bits per heavy atom. The summed E-state index contributed by atoms with van der Waals surface area (Å²) in [5.41, 5.74) is 0.701. The molecule has 0 aromatic heterocycles. The number of hydrogen-bond acceptors (Lipinski definition) is 3. The summed E-state index contributed by atoms with van der Waals surface area (Å²) < 4.78 is 40.7. The highest BCUT2D eigenvalue weighted by Crippen LogP contribution is 2.39. The Balaban J connectivity index is 1.84. The highest BCUT2D eigenvalue weighted by Gasteiger charge is 2.40.